The van der Waals surface area contributed by atoms with Crippen LogP contribution in [0.15, 0.2) is 33.6 Å². The van der Waals surface area contributed by atoms with Crippen LogP contribution in [0.5, 0.6) is 0 Å². The summed E-state index contributed by atoms with van der Waals surface area (Å²) >= 11 is 4.91. The van der Waals surface area contributed by atoms with Crippen LogP contribution in [0.3, 0.4) is 0 Å². The fraction of sp³-hybridized carbons (Fsp3) is 0.286. The Balaban J connectivity index is 2.28. The molecule has 3 N–H and O–H groups in total. The Labute approximate surface area is 137 Å². The highest BCUT2D eigenvalue weighted by molar-refractivity contribution is 9.10. The summed E-state index contributed by atoms with van der Waals surface area (Å²) in [6.07, 6.45) is 0. The van der Waals surface area contributed by atoms with Gasteiger partial charge < -0.3 is 5.73 Å². The Morgan fingerprint density at radius 2 is 1.95 bits per heavy atom. The van der Waals surface area contributed by atoms with Gasteiger partial charge in [0.25, 0.3) is 0 Å². The average Bonchev–Trinajstić information content (AvgIpc) is 2.71. The molecule has 1 unspecified atom stereocenters. The van der Waals surface area contributed by atoms with Crippen LogP contribution in [0, 0.1) is 13.8 Å². The van der Waals surface area contributed by atoms with Crippen molar-refractivity contribution in [3.8, 4) is 0 Å². The Morgan fingerprint density at radius 3 is 2.48 bits per heavy atom. The number of benzene rings is 1. The van der Waals surface area contributed by atoms with Gasteiger partial charge in [0.1, 0.15) is 0 Å². The van der Waals surface area contributed by atoms with Crippen LogP contribution < -0.4 is 10.5 Å². The van der Waals surface area contributed by atoms with Gasteiger partial charge in [0.2, 0.25) is 10.0 Å². The lowest BCUT2D eigenvalue weighted by atomic mass is 10.1. The molecule has 0 aliphatic heterocycles. The molecule has 1 aromatic heterocycles. The van der Waals surface area contributed by atoms with Gasteiger partial charge in [-0.1, -0.05) is 0 Å². The van der Waals surface area contributed by atoms with Crippen molar-refractivity contribution >= 4 is 43.0 Å². The lowest BCUT2D eigenvalue weighted by Gasteiger charge is -2.15. The molecule has 1 aromatic carbocycles. The summed E-state index contributed by atoms with van der Waals surface area (Å²) < 4.78 is 28.1. The molecular formula is C14H17BrN2O2S2. The normalized spacial score (nSPS) is 13.3. The van der Waals surface area contributed by atoms with E-state index in [1.807, 2.05) is 26.8 Å². The fourth-order valence-corrected chi connectivity index (χ4v) is 4.92. The number of nitrogen functional groups attached to an aromatic ring is 1. The van der Waals surface area contributed by atoms with Gasteiger partial charge >= 0.3 is 0 Å². The molecule has 0 spiro atoms. The number of nitrogens with two attached hydrogens (primary N) is 1. The van der Waals surface area contributed by atoms with E-state index < -0.39 is 10.0 Å². The highest BCUT2D eigenvalue weighted by atomic mass is 79.9. The molecule has 0 fully saturated rings. The topological polar surface area (TPSA) is 72.2 Å². The molecule has 7 heteroatoms. The summed E-state index contributed by atoms with van der Waals surface area (Å²) in [5.74, 6) is 0. The highest BCUT2D eigenvalue weighted by Crippen LogP contribution is 2.28. The van der Waals surface area contributed by atoms with E-state index in [1.165, 1.54) is 17.0 Å². The first kappa shape index (κ1) is 16.5. The number of thiophene rings is 1. The third kappa shape index (κ3) is 3.66. The Bertz CT molecular complexity index is 769. The SMILES string of the molecule is Cc1cc(C(C)NS(=O)(=O)c2ccc(N)c(Br)c2)c(C)s1. The number of hydrogen-bond acceptors (Lipinski definition) is 4. The van der Waals surface area contributed by atoms with E-state index in [0.717, 1.165) is 10.4 Å². The zero-order valence-electron chi connectivity index (χ0n) is 12.0. The molecule has 21 heavy (non-hydrogen) atoms. The maximum Gasteiger partial charge on any atom is 0.241 e. The summed E-state index contributed by atoms with van der Waals surface area (Å²) in [7, 11) is -3.59. The number of anilines is 1. The van der Waals surface area contributed by atoms with Crippen molar-refractivity contribution in [2.24, 2.45) is 0 Å². The molecular weight excluding hydrogens is 372 g/mol. The number of hydrogen-bond donors (Lipinski definition) is 2. The van der Waals surface area contributed by atoms with E-state index in [4.69, 9.17) is 5.73 Å². The fourth-order valence-electron chi connectivity index (χ4n) is 2.12. The number of nitrogens with one attached hydrogen (secondary N) is 1. The van der Waals surface area contributed by atoms with Gasteiger partial charge in [-0.25, -0.2) is 13.1 Å². The van der Waals surface area contributed by atoms with E-state index in [9.17, 15) is 8.42 Å². The lowest BCUT2D eigenvalue weighted by Crippen LogP contribution is -2.27. The van der Waals surface area contributed by atoms with Crippen LogP contribution in [0.2, 0.25) is 0 Å². The van der Waals surface area contributed by atoms with Gasteiger partial charge in [0, 0.05) is 26.0 Å². The largest absolute Gasteiger partial charge is 0.398 e. The van der Waals surface area contributed by atoms with Crippen LogP contribution in [0.1, 0.15) is 28.3 Å². The standard InChI is InChI=1S/C14H17BrN2O2S2/c1-8-6-12(10(3)20-8)9(2)17-21(18,19)11-4-5-14(16)13(15)7-11/h4-7,9,17H,16H2,1-3H3. The van der Waals surface area contributed by atoms with Crippen LogP contribution in [0.25, 0.3) is 0 Å². The summed E-state index contributed by atoms with van der Waals surface area (Å²) in [6.45, 7) is 5.86. The third-order valence-corrected chi connectivity index (χ3v) is 6.37. The minimum absolute atomic E-state index is 0.194. The van der Waals surface area contributed by atoms with Crippen LogP contribution in [0.4, 0.5) is 5.69 Å². The number of sulfonamides is 1. The molecule has 0 amide bonds. The average molecular weight is 389 g/mol. The molecule has 0 bridgehead atoms. The van der Waals surface area contributed by atoms with E-state index >= 15 is 0 Å². The van der Waals surface area contributed by atoms with Crippen LogP contribution in [-0.2, 0) is 10.0 Å². The molecule has 1 atom stereocenters. The Kier molecular flexibility index (Phi) is 4.77. The first-order chi connectivity index (χ1) is 9.70. The van der Waals surface area contributed by atoms with Crippen molar-refractivity contribution in [3.05, 3.63) is 44.1 Å². The van der Waals surface area contributed by atoms with E-state index in [1.54, 1.807) is 17.4 Å². The van der Waals surface area contributed by atoms with E-state index in [2.05, 4.69) is 20.7 Å². The molecule has 4 nitrogen and oxygen atoms in total. The minimum Gasteiger partial charge on any atom is -0.398 e. The predicted molar refractivity (Wildman–Crippen MR) is 91.1 cm³/mol. The zero-order valence-corrected chi connectivity index (χ0v) is 15.2. The lowest BCUT2D eigenvalue weighted by molar-refractivity contribution is 0.567. The zero-order chi connectivity index (χ0) is 15.8. The third-order valence-electron chi connectivity index (χ3n) is 3.16. The van der Waals surface area contributed by atoms with Crippen LogP contribution in [-0.4, -0.2) is 8.42 Å². The Hall–Kier alpha value is -0.890. The van der Waals surface area contributed by atoms with Gasteiger partial charge in [-0.2, -0.15) is 0 Å². The van der Waals surface area contributed by atoms with Gasteiger partial charge in [0.15, 0.2) is 0 Å². The maximum absolute atomic E-state index is 12.4. The molecule has 2 aromatic rings. The molecule has 0 saturated carbocycles. The molecule has 2 rings (SSSR count). The molecule has 0 aliphatic carbocycles. The second kappa shape index (κ2) is 6.08. The van der Waals surface area contributed by atoms with Gasteiger partial charge in [-0.3, -0.25) is 0 Å². The second-order valence-electron chi connectivity index (χ2n) is 4.89. The van der Waals surface area contributed by atoms with E-state index in [-0.39, 0.29) is 10.9 Å². The first-order valence-electron chi connectivity index (χ1n) is 6.35. The minimum atomic E-state index is -3.59. The van der Waals surface area contributed by atoms with Gasteiger partial charge in [0.05, 0.1) is 4.90 Å². The molecule has 1 heterocycles. The first-order valence-corrected chi connectivity index (χ1v) is 9.44. The van der Waals surface area contributed by atoms with Crippen molar-refractivity contribution in [2.45, 2.75) is 31.7 Å². The quantitative estimate of drug-likeness (QED) is 0.783. The van der Waals surface area contributed by atoms with Crippen molar-refractivity contribution < 1.29 is 8.42 Å². The second-order valence-corrected chi connectivity index (χ2v) is 8.92. The van der Waals surface area contributed by atoms with Crippen molar-refractivity contribution in [3.63, 3.8) is 0 Å². The maximum atomic E-state index is 12.4. The number of rotatable bonds is 4. The summed E-state index contributed by atoms with van der Waals surface area (Å²) in [5.41, 5.74) is 7.20. The monoisotopic (exact) mass is 388 g/mol. The molecule has 0 aliphatic rings. The highest BCUT2D eigenvalue weighted by Gasteiger charge is 2.21. The summed E-state index contributed by atoms with van der Waals surface area (Å²) in [5, 5.41) is 0. The smallest absolute Gasteiger partial charge is 0.241 e. The summed E-state index contributed by atoms with van der Waals surface area (Å²) in [4.78, 5) is 2.49. The van der Waals surface area contributed by atoms with Crippen molar-refractivity contribution in [1.29, 1.82) is 0 Å². The summed E-state index contributed by atoms with van der Waals surface area (Å²) in [6, 6.07) is 6.32. The number of halogens is 1. The molecule has 114 valence electrons. The van der Waals surface area contributed by atoms with Crippen molar-refractivity contribution in [2.75, 3.05) is 5.73 Å². The Morgan fingerprint density at radius 1 is 1.29 bits per heavy atom. The van der Waals surface area contributed by atoms with Gasteiger partial charge in [-0.05, 0) is 66.5 Å². The van der Waals surface area contributed by atoms with Gasteiger partial charge in [-0.15, -0.1) is 11.3 Å². The van der Waals surface area contributed by atoms with Crippen molar-refractivity contribution in [1.82, 2.24) is 4.72 Å². The van der Waals surface area contributed by atoms with Crippen LogP contribution >= 0.6 is 27.3 Å². The van der Waals surface area contributed by atoms with E-state index in [0.29, 0.717) is 10.2 Å². The molecule has 0 saturated heterocycles. The predicted octanol–water partition coefficient (Wildman–Crippen LogP) is 3.75. The molecule has 0 radical (unpaired) electrons. The number of aryl methyl sites for hydroxylation is 2.